The van der Waals surface area contributed by atoms with Crippen LogP contribution in [0, 0.1) is 0 Å². The van der Waals surface area contributed by atoms with Crippen molar-refractivity contribution in [3.8, 4) is 0 Å². The second kappa shape index (κ2) is 3.60. The highest BCUT2D eigenvalue weighted by Gasteiger charge is 2.35. The quantitative estimate of drug-likeness (QED) is 0.824. The molecule has 0 radical (unpaired) electrons. The van der Waals surface area contributed by atoms with Gasteiger partial charge in [-0.2, -0.15) is 13.2 Å². The largest absolute Gasteiger partial charge is 0.419 e. The average molecular weight is 257 g/mol. The molecule has 0 saturated heterocycles. The summed E-state index contributed by atoms with van der Waals surface area (Å²) in [5.74, 6) is 0.635. The zero-order valence-electron chi connectivity index (χ0n) is 9.27. The Hall–Kier alpha value is -1.79. The number of nitrogens with zero attached hydrogens (tertiary/aromatic N) is 1. The maximum atomic E-state index is 12.8. The van der Waals surface area contributed by atoms with Crippen LogP contribution in [0.2, 0.25) is 0 Å². The van der Waals surface area contributed by atoms with E-state index in [0.29, 0.717) is 12.0 Å². The molecule has 2 N–H and O–H groups in total. The summed E-state index contributed by atoms with van der Waals surface area (Å²) in [5.41, 5.74) is -1.85. The molecule has 7 heteroatoms. The number of nitrogens with one attached hydrogen (secondary N) is 2. The maximum Gasteiger partial charge on any atom is 0.419 e. The Morgan fingerprint density at radius 2 is 2.06 bits per heavy atom. The summed E-state index contributed by atoms with van der Waals surface area (Å²) in [6.07, 6.45) is -0.993. The van der Waals surface area contributed by atoms with E-state index < -0.39 is 17.3 Å². The van der Waals surface area contributed by atoms with E-state index in [-0.39, 0.29) is 17.0 Å². The van der Waals surface area contributed by atoms with Crippen LogP contribution in [-0.4, -0.2) is 15.0 Å². The number of aromatic nitrogens is 3. The van der Waals surface area contributed by atoms with Crippen molar-refractivity contribution in [3.05, 3.63) is 27.9 Å². The number of pyridine rings is 1. The summed E-state index contributed by atoms with van der Waals surface area (Å²) in [7, 11) is 0. The molecule has 1 saturated carbocycles. The van der Waals surface area contributed by atoms with E-state index in [0.717, 1.165) is 19.3 Å². The van der Waals surface area contributed by atoms with E-state index in [2.05, 4.69) is 15.0 Å². The van der Waals surface area contributed by atoms with Crippen LogP contribution in [0.4, 0.5) is 13.2 Å². The van der Waals surface area contributed by atoms with Crippen LogP contribution >= 0.6 is 0 Å². The Morgan fingerprint density at radius 1 is 1.33 bits per heavy atom. The Labute approximate surface area is 99.2 Å². The lowest BCUT2D eigenvalue weighted by atomic mass is 9.85. The number of fused-ring (bicyclic) bond motifs is 1. The van der Waals surface area contributed by atoms with Crippen molar-refractivity contribution in [2.75, 3.05) is 0 Å². The van der Waals surface area contributed by atoms with Crippen LogP contribution in [0.25, 0.3) is 11.0 Å². The fraction of sp³-hybridized carbons (Fsp3) is 0.455. The SMILES string of the molecule is O=c1[nH]cc(C(F)(F)F)c2nc(C3CCC3)[nH]c12. The van der Waals surface area contributed by atoms with Gasteiger partial charge in [-0.15, -0.1) is 0 Å². The second-order valence-electron chi connectivity index (χ2n) is 4.50. The molecular weight excluding hydrogens is 247 g/mol. The molecule has 1 fully saturated rings. The lowest BCUT2D eigenvalue weighted by Crippen LogP contribution is -2.13. The number of halogens is 3. The van der Waals surface area contributed by atoms with Gasteiger partial charge in [0.15, 0.2) is 0 Å². The molecule has 0 aromatic carbocycles. The molecule has 0 bridgehead atoms. The first kappa shape index (κ1) is 11.3. The van der Waals surface area contributed by atoms with Crippen LogP contribution in [0.15, 0.2) is 11.0 Å². The highest BCUT2D eigenvalue weighted by molar-refractivity contribution is 5.78. The Bertz CT molecular complexity index is 652. The fourth-order valence-electron chi connectivity index (χ4n) is 2.12. The van der Waals surface area contributed by atoms with Gasteiger partial charge >= 0.3 is 6.18 Å². The summed E-state index contributed by atoms with van der Waals surface area (Å²) in [5, 5.41) is 0. The van der Waals surface area contributed by atoms with Gasteiger partial charge in [0.1, 0.15) is 16.9 Å². The van der Waals surface area contributed by atoms with Crippen molar-refractivity contribution in [3.63, 3.8) is 0 Å². The normalized spacial score (nSPS) is 17.1. The van der Waals surface area contributed by atoms with E-state index in [4.69, 9.17) is 0 Å². The zero-order chi connectivity index (χ0) is 12.9. The first-order chi connectivity index (χ1) is 8.47. The van der Waals surface area contributed by atoms with E-state index >= 15 is 0 Å². The lowest BCUT2D eigenvalue weighted by Gasteiger charge is -2.22. The van der Waals surface area contributed by atoms with Crippen LogP contribution in [0.5, 0.6) is 0 Å². The topological polar surface area (TPSA) is 61.5 Å². The monoisotopic (exact) mass is 257 g/mol. The minimum Gasteiger partial charge on any atom is -0.337 e. The second-order valence-corrected chi connectivity index (χ2v) is 4.50. The minimum absolute atomic E-state index is 0.0910. The van der Waals surface area contributed by atoms with Crippen molar-refractivity contribution >= 4 is 11.0 Å². The van der Waals surface area contributed by atoms with Crippen molar-refractivity contribution < 1.29 is 13.2 Å². The predicted octanol–water partition coefficient (Wildman–Crippen LogP) is 2.54. The van der Waals surface area contributed by atoms with Crippen molar-refractivity contribution in [2.24, 2.45) is 0 Å². The smallest absolute Gasteiger partial charge is 0.337 e. The molecule has 2 heterocycles. The van der Waals surface area contributed by atoms with Gasteiger partial charge in [0.05, 0.1) is 5.56 Å². The van der Waals surface area contributed by atoms with E-state index in [1.165, 1.54) is 0 Å². The molecule has 18 heavy (non-hydrogen) atoms. The van der Waals surface area contributed by atoms with Gasteiger partial charge in [-0.1, -0.05) is 6.42 Å². The molecule has 1 aliphatic rings. The third kappa shape index (κ3) is 1.61. The van der Waals surface area contributed by atoms with E-state index in [9.17, 15) is 18.0 Å². The maximum absolute atomic E-state index is 12.8. The van der Waals surface area contributed by atoms with Gasteiger partial charge in [0.25, 0.3) is 5.56 Å². The molecule has 2 aromatic rings. The third-order valence-corrected chi connectivity index (χ3v) is 3.35. The minimum atomic E-state index is -4.52. The Morgan fingerprint density at radius 3 is 2.61 bits per heavy atom. The number of hydrogen-bond donors (Lipinski definition) is 2. The summed E-state index contributed by atoms with van der Waals surface area (Å²) in [4.78, 5) is 20.3. The third-order valence-electron chi connectivity index (χ3n) is 3.35. The van der Waals surface area contributed by atoms with Crippen LogP contribution in [0.3, 0.4) is 0 Å². The molecule has 0 spiro atoms. The Balaban J connectivity index is 2.23. The lowest BCUT2D eigenvalue weighted by molar-refractivity contribution is -0.136. The average Bonchev–Trinajstić information content (AvgIpc) is 2.58. The van der Waals surface area contributed by atoms with E-state index in [1.54, 1.807) is 0 Å². The van der Waals surface area contributed by atoms with Crippen LogP contribution in [-0.2, 0) is 6.18 Å². The number of imidazole rings is 1. The first-order valence-electron chi connectivity index (χ1n) is 5.65. The summed E-state index contributed by atoms with van der Waals surface area (Å²) in [6, 6.07) is 0. The molecule has 2 aromatic heterocycles. The Kier molecular flexibility index (Phi) is 2.26. The number of aromatic amines is 2. The van der Waals surface area contributed by atoms with E-state index in [1.807, 2.05) is 0 Å². The zero-order valence-corrected chi connectivity index (χ0v) is 9.27. The molecule has 3 rings (SSSR count). The summed E-state index contributed by atoms with van der Waals surface area (Å²) < 4.78 is 38.3. The molecule has 0 aliphatic heterocycles. The highest BCUT2D eigenvalue weighted by atomic mass is 19.4. The van der Waals surface area contributed by atoms with Gasteiger partial charge in [-0.05, 0) is 12.8 Å². The van der Waals surface area contributed by atoms with Crippen LogP contribution < -0.4 is 5.56 Å². The molecule has 4 nitrogen and oxygen atoms in total. The highest BCUT2D eigenvalue weighted by Crippen LogP contribution is 2.37. The van der Waals surface area contributed by atoms with Crippen LogP contribution in [0.1, 0.15) is 36.6 Å². The number of rotatable bonds is 1. The van der Waals surface area contributed by atoms with Crippen molar-refractivity contribution in [2.45, 2.75) is 31.4 Å². The molecule has 0 atom stereocenters. The summed E-state index contributed by atoms with van der Waals surface area (Å²) in [6.45, 7) is 0. The summed E-state index contributed by atoms with van der Waals surface area (Å²) >= 11 is 0. The molecule has 1 aliphatic carbocycles. The fourth-order valence-corrected chi connectivity index (χ4v) is 2.12. The first-order valence-corrected chi connectivity index (χ1v) is 5.65. The molecule has 0 amide bonds. The molecular formula is C11H10F3N3O. The van der Waals surface area contributed by atoms with Gasteiger partial charge in [-0.3, -0.25) is 4.79 Å². The van der Waals surface area contributed by atoms with Crippen molar-refractivity contribution in [1.29, 1.82) is 0 Å². The van der Waals surface area contributed by atoms with Crippen molar-refractivity contribution in [1.82, 2.24) is 15.0 Å². The van der Waals surface area contributed by atoms with Gasteiger partial charge < -0.3 is 9.97 Å². The van der Waals surface area contributed by atoms with Gasteiger partial charge in [0, 0.05) is 12.1 Å². The number of hydrogen-bond acceptors (Lipinski definition) is 2. The standard InChI is InChI=1S/C11H10F3N3O/c12-11(13,14)6-4-15-10(18)8-7(6)16-9(17-8)5-2-1-3-5/h4-5H,1-3H2,(H,15,18)(H,16,17). The number of alkyl halides is 3. The molecule has 0 unspecified atom stereocenters. The predicted molar refractivity (Wildman–Crippen MR) is 58.3 cm³/mol. The molecule has 96 valence electrons. The van der Waals surface area contributed by atoms with Gasteiger partial charge in [-0.25, -0.2) is 4.98 Å². The van der Waals surface area contributed by atoms with Gasteiger partial charge in [0.2, 0.25) is 0 Å². The number of H-pyrrole nitrogens is 2.